The predicted octanol–water partition coefficient (Wildman–Crippen LogP) is 1.40. The molecule has 1 fully saturated rings. The summed E-state index contributed by atoms with van der Waals surface area (Å²) in [5.74, 6) is -1.26. The fraction of sp³-hybridized carbons (Fsp3) is 0.625. The van der Waals surface area contributed by atoms with Gasteiger partial charge in [-0.05, 0) is 53.7 Å². The van der Waals surface area contributed by atoms with E-state index in [0.717, 1.165) is 6.33 Å². The Morgan fingerprint density at radius 1 is 1.10 bits per heavy atom. The van der Waals surface area contributed by atoms with Crippen molar-refractivity contribution in [2.75, 3.05) is 25.9 Å². The van der Waals surface area contributed by atoms with E-state index in [2.05, 4.69) is 10.1 Å². The molecule has 3 heterocycles. The van der Waals surface area contributed by atoms with Crippen LogP contribution in [0.4, 0.5) is 5.82 Å². The van der Waals surface area contributed by atoms with Gasteiger partial charge in [-0.25, -0.2) is 23.1 Å². The molecule has 1 aliphatic heterocycles. The van der Waals surface area contributed by atoms with Crippen LogP contribution in [0.3, 0.4) is 0 Å². The molecule has 3 rings (SSSR count). The summed E-state index contributed by atoms with van der Waals surface area (Å²) in [5.41, 5.74) is 2.28. The molecule has 0 saturated carbocycles. The molecule has 2 aromatic heterocycles. The number of phosphoric ester groups is 1. The smallest absolute Gasteiger partial charge is 0.437 e. The Bertz CT molecular complexity index is 1330. The lowest BCUT2D eigenvalue weighted by Gasteiger charge is -2.24. The molecule has 17 heteroatoms. The van der Waals surface area contributed by atoms with E-state index in [1.165, 1.54) is 16.6 Å². The number of fused-ring (bicyclic) bond motifs is 1. The predicted molar refractivity (Wildman–Crippen MR) is 138 cm³/mol. The molecule has 0 unspecified atom stereocenters. The molecule has 1 saturated heterocycles. The Hall–Kier alpha value is -3.16. The minimum absolute atomic E-state index is 0.0389. The highest BCUT2D eigenvalue weighted by atomic mass is 31.2. The molecule has 1 aliphatic rings. The van der Waals surface area contributed by atoms with Crippen molar-refractivity contribution in [3.63, 3.8) is 0 Å². The van der Waals surface area contributed by atoms with Crippen LogP contribution in [0.1, 0.15) is 47.2 Å². The average Bonchev–Trinajstić information content (AvgIpc) is 3.42. The maximum Gasteiger partial charge on any atom is 0.480 e. The molecule has 4 atom stereocenters. The number of carbonyl (C=O) groups excluding carboxylic acids is 2. The zero-order valence-electron chi connectivity index (χ0n) is 23.5. The van der Waals surface area contributed by atoms with Crippen LogP contribution in [0, 0.1) is 22.2 Å². The number of ether oxygens (including phenoxy) is 3. The molecule has 226 valence electrons. The fourth-order valence-electron chi connectivity index (χ4n) is 3.55. The van der Waals surface area contributed by atoms with Crippen molar-refractivity contribution >= 4 is 31.1 Å². The quantitative estimate of drug-likeness (QED) is 0.199. The Morgan fingerprint density at radius 3 is 2.17 bits per heavy atom. The number of hydrogen-bond donors (Lipinski definition) is 3. The van der Waals surface area contributed by atoms with Gasteiger partial charge >= 0.3 is 19.8 Å². The monoisotopic (exact) mass is 599 g/mol. The molecule has 4 N–H and O–H groups in total. The second kappa shape index (κ2) is 12.0. The maximum atomic E-state index is 13.3. The number of aliphatic hydroxyl groups excluding tert-OH is 2. The van der Waals surface area contributed by atoms with Gasteiger partial charge in [-0.2, -0.15) is 10.4 Å². The van der Waals surface area contributed by atoms with Gasteiger partial charge in [-0.15, -0.1) is 0 Å². The normalized spacial score (nSPS) is 23.3. The van der Waals surface area contributed by atoms with Crippen LogP contribution < -0.4 is 5.73 Å². The lowest BCUT2D eigenvalue weighted by atomic mass is 9.92. The van der Waals surface area contributed by atoms with Gasteiger partial charge in [0.15, 0.2) is 5.82 Å². The van der Waals surface area contributed by atoms with Gasteiger partial charge in [-0.1, -0.05) is 0 Å². The number of aliphatic hydroxyl groups is 2. The van der Waals surface area contributed by atoms with E-state index in [0.29, 0.717) is 5.52 Å². The number of nitriles is 1. The molecule has 16 nitrogen and oxygen atoms in total. The summed E-state index contributed by atoms with van der Waals surface area (Å²) < 4.78 is 45.7. The molecule has 41 heavy (non-hydrogen) atoms. The van der Waals surface area contributed by atoms with Crippen LogP contribution in [-0.4, -0.2) is 75.3 Å². The average molecular weight is 600 g/mol. The number of hydrogen-bond acceptors (Lipinski definition) is 15. The van der Waals surface area contributed by atoms with Crippen LogP contribution >= 0.6 is 7.82 Å². The minimum atomic E-state index is -4.64. The number of anilines is 1. The maximum absolute atomic E-state index is 13.3. The van der Waals surface area contributed by atoms with E-state index in [1.807, 2.05) is 6.07 Å². The van der Waals surface area contributed by atoms with Crippen molar-refractivity contribution in [2.45, 2.75) is 65.5 Å². The number of esters is 2. The van der Waals surface area contributed by atoms with Crippen molar-refractivity contribution in [3.8, 4) is 6.07 Å². The van der Waals surface area contributed by atoms with Crippen molar-refractivity contribution in [3.05, 3.63) is 24.2 Å². The molecule has 0 aromatic carbocycles. The van der Waals surface area contributed by atoms with Gasteiger partial charge in [0, 0.05) is 0 Å². The molecular weight excluding hydrogens is 565 g/mol. The van der Waals surface area contributed by atoms with E-state index in [1.54, 1.807) is 41.5 Å². The third-order valence-corrected chi connectivity index (χ3v) is 7.22. The first-order chi connectivity index (χ1) is 18.9. The van der Waals surface area contributed by atoms with Crippen molar-refractivity contribution in [2.24, 2.45) is 10.8 Å². The molecule has 0 bridgehead atoms. The van der Waals surface area contributed by atoms with Gasteiger partial charge in [0.2, 0.25) is 19.2 Å². The first-order valence-electron chi connectivity index (χ1n) is 12.4. The molecule has 0 amide bonds. The third-order valence-electron chi connectivity index (χ3n) is 5.91. The van der Waals surface area contributed by atoms with Gasteiger partial charge in [-0.3, -0.25) is 14.1 Å². The lowest BCUT2D eigenvalue weighted by Crippen LogP contribution is -2.41. The molecule has 2 aromatic rings. The fourth-order valence-corrected chi connectivity index (χ4v) is 4.47. The van der Waals surface area contributed by atoms with Crippen LogP contribution in [0.2, 0.25) is 0 Å². The van der Waals surface area contributed by atoms with E-state index < -0.39 is 74.7 Å². The Labute approximate surface area is 235 Å². The molecule has 0 aliphatic carbocycles. The highest BCUT2D eigenvalue weighted by Crippen LogP contribution is 2.51. The van der Waals surface area contributed by atoms with E-state index in [4.69, 9.17) is 33.5 Å². The van der Waals surface area contributed by atoms with Crippen molar-refractivity contribution < 1.29 is 52.1 Å². The number of carbonyl (C=O) groups is 2. The van der Waals surface area contributed by atoms with Crippen LogP contribution in [-0.2, 0) is 47.5 Å². The van der Waals surface area contributed by atoms with Crippen LogP contribution in [0.5, 0.6) is 0 Å². The van der Waals surface area contributed by atoms with E-state index in [9.17, 15) is 29.6 Å². The topological polar surface area (TPSA) is 227 Å². The largest absolute Gasteiger partial charge is 0.480 e. The summed E-state index contributed by atoms with van der Waals surface area (Å²) in [6, 6.07) is 4.79. The Morgan fingerprint density at radius 2 is 1.66 bits per heavy atom. The van der Waals surface area contributed by atoms with Gasteiger partial charge in [0.1, 0.15) is 36.2 Å². The Kier molecular flexibility index (Phi) is 9.46. The zero-order valence-corrected chi connectivity index (χ0v) is 24.4. The number of aromatic nitrogens is 3. The number of nitrogens with two attached hydrogens (primary N) is 1. The highest BCUT2D eigenvalue weighted by molar-refractivity contribution is 7.48. The SMILES string of the molecule is CC(C)(C)C(=O)OCOP(=O)(OCOC(=O)C(C)(C)C)OC[C@H]1O[C@@](C#N)(c2ccc3c(N)ncnn23)[C@H](O)[C@@H]1O. The zero-order chi connectivity index (χ0) is 30.8. The number of nitrogens with zero attached hydrogens (tertiary/aromatic N) is 4. The molecule has 0 radical (unpaired) electrons. The summed E-state index contributed by atoms with van der Waals surface area (Å²) in [6.45, 7) is 7.11. The third kappa shape index (κ3) is 7.02. The van der Waals surface area contributed by atoms with E-state index >= 15 is 0 Å². The molecular formula is C24H34N5O11P. The standard InChI is InChI=1S/C24H34N5O11P/c1-22(2,3)20(32)35-12-38-41(34,39-13-36-21(33)23(4,5)6)37-9-15-17(30)18(31)24(10-25,40-15)16-8-7-14-19(26)27-11-28-29(14)16/h7-8,11,15,17-18,30-31H,9,12-13H2,1-6H3,(H2,26,27,28)/t15-,17-,18-,24+/m1/s1. The number of nitrogen functional groups attached to an aromatic ring is 1. The summed E-state index contributed by atoms with van der Waals surface area (Å²) in [7, 11) is -4.64. The van der Waals surface area contributed by atoms with Gasteiger partial charge in [0.25, 0.3) is 0 Å². The van der Waals surface area contributed by atoms with Gasteiger partial charge in [0.05, 0.1) is 23.1 Å². The second-order valence-electron chi connectivity index (χ2n) is 11.2. The van der Waals surface area contributed by atoms with Crippen LogP contribution in [0.25, 0.3) is 5.52 Å². The highest BCUT2D eigenvalue weighted by Gasteiger charge is 2.58. The van der Waals surface area contributed by atoms with E-state index in [-0.39, 0.29) is 11.5 Å². The molecule has 0 spiro atoms. The first kappa shape index (κ1) is 32.4. The number of phosphoric acid groups is 1. The summed E-state index contributed by atoms with van der Waals surface area (Å²) >= 11 is 0. The second-order valence-corrected chi connectivity index (χ2v) is 12.9. The summed E-state index contributed by atoms with van der Waals surface area (Å²) in [4.78, 5) is 28.0. The minimum Gasteiger partial charge on any atom is -0.437 e. The van der Waals surface area contributed by atoms with Crippen molar-refractivity contribution in [1.82, 2.24) is 14.6 Å². The van der Waals surface area contributed by atoms with Crippen LogP contribution in [0.15, 0.2) is 18.5 Å². The van der Waals surface area contributed by atoms with Gasteiger partial charge < -0.3 is 30.2 Å². The van der Waals surface area contributed by atoms with Crippen molar-refractivity contribution in [1.29, 1.82) is 5.26 Å². The first-order valence-corrected chi connectivity index (χ1v) is 13.8. The summed E-state index contributed by atoms with van der Waals surface area (Å²) in [5, 5.41) is 35.7. The number of rotatable bonds is 10. The Balaban J connectivity index is 1.77. The summed E-state index contributed by atoms with van der Waals surface area (Å²) in [6.07, 6.45) is -3.83. The lowest BCUT2D eigenvalue weighted by molar-refractivity contribution is -0.163.